The molecule has 16 heavy (non-hydrogen) atoms. The summed E-state index contributed by atoms with van der Waals surface area (Å²) in [5, 5.41) is 9.67. The number of aliphatic hydroxyl groups excluding tert-OH is 1. The highest BCUT2D eigenvalue weighted by Crippen LogP contribution is 2.63. The smallest absolute Gasteiger partial charge is 0.0717 e. The van der Waals surface area contributed by atoms with Gasteiger partial charge >= 0.3 is 0 Å². The number of aliphatic hydroxyl groups is 1. The fourth-order valence-electron chi connectivity index (χ4n) is 3.03. The van der Waals surface area contributed by atoms with Crippen LogP contribution in [0, 0.1) is 11.3 Å². The van der Waals surface area contributed by atoms with Gasteiger partial charge in [-0.2, -0.15) is 0 Å². The summed E-state index contributed by atoms with van der Waals surface area (Å²) in [6, 6.07) is 10.3. The minimum Gasteiger partial charge on any atom is -0.393 e. The predicted molar refractivity (Wildman–Crippen MR) is 61.9 cm³/mol. The second-order valence-electron chi connectivity index (χ2n) is 5.26. The minimum atomic E-state index is -0.0553. The Balaban J connectivity index is 1.49. The first kappa shape index (κ1) is 10.3. The van der Waals surface area contributed by atoms with Crippen molar-refractivity contribution in [2.75, 3.05) is 6.61 Å². The summed E-state index contributed by atoms with van der Waals surface area (Å²) >= 11 is 0. The average molecular weight is 218 g/mol. The van der Waals surface area contributed by atoms with E-state index in [0.29, 0.717) is 17.9 Å². The maximum atomic E-state index is 9.67. The van der Waals surface area contributed by atoms with Crippen LogP contribution < -0.4 is 0 Å². The van der Waals surface area contributed by atoms with Crippen LogP contribution in [0.15, 0.2) is 30.3 Å². The first-order valence-electron chi connectivity index (χ1n) is 6.10. The van der Waals surface area contributed by atoms with Crippen LogP contribution >= 0.6 is 0 Å². The average Bonchev–Trinajstić information content (AvgIpc) is 2.95. The monoisotopic (exact) mass is 218 g/mol. The van der Waals surface area contributed by atoms with Crippen molar-refractivity contribution in [1.29, 1.82) is 0 Å². The predicted octanol–water partition coefficient (Wildman–Crippen LogP) is 2.36. The highest BCUT2D eigenvalue weighted by molar-refractivity contribution is 5.14. The van der Waals surface area contributed by atoms with Crippen molar-refractivity contribution in [2.45, 2.75) is 32.0 Å². The Morgan fingerprint density at radius 2 is 2.12 bits per heavy atom. The fraction of sp³-hybridized carbons (Fsp3) is 0.571. The van der Waals surface area contributed by atoms with E-state index in [0.717, 1.165) is 19.4 Å². The largest absolute Gasteiger partial charge is 0.393 e. The number of rotatable bonds is 4. The molecule has 86 valence electrons. The van der Waals surface area contributed by atoms with Crippen molar-refractivity contribution in [3.05, 3.63) is 35.9 Å². The second-order valence-corrected chi connectivity index (χ2v) is 5.26. The van der Waals surface area contributed by atoms with E-state index in [9.17, 15) is 5.11 Å². The molecule has 1 aromatic carbocycles. The van der Waals surface area contributed by atoms with Gasteiger partial charge in [-0.25, -0.2) is 0 Å². The topological polar surface area (TPSA) is 29.5 Å². The molecule has 3 rings (SSSR count). The molecule has 0 saturated heterocycles. The summed E-state index contributed by atoms with van der Waals surface area (Å²) in [5.41, 5.74) is 1.57. The van der Waals surface area contributed by atoms with Gasteiger partial charge in [-0.05, 0) is 36.2 Å². The van der Waals surface area contributed by atoms with Crippen molar-refractivity contribution in [3.8, 4) is 0 Å². The van der Waals surface area contributed by atoms with E-state index in [1.165, 1.54) is 12.0 Å². The molecule has 2 heteroatoms. The Hall–Kier alpha value is -0.860. The van der Waals surface area contributed by atoms with Gasteiger partial charge in [0.25, 0.3) is 0 Å². The maximum absolute atomic E-state index is 9.67. The summed E-state index contributed by atoms with van der Waals surface area (Å²) < 4.78 is 5.79. The standard InChI is InChI=1S/C14H18O2/c15-13-6-7-14(8-12(13)14)10-16-9-11-4-2-1-3-5-11/h1-5,12-13,15H,6-10H2. The van der Waals surface area contributed by atoms with Gasteiger partial charge < -0.3 is 9.84 Å². The molecule has 0 amide bonds. The van der Waals surface area contributed by atoms with E-state index in [1.54, 1.807) is 0 Å². The Labute approximate surface area is 96.2 Å². The Morgan fingerprint density at radius 1 is 1.31 bits per heavy atom. The molecule has 3 atom stereocenters. The van der Waals surface area contributed by atoms with Gasteiger partial charge in [0, 0.05) is 0 Å². The summed E-state index contributed by atoms with van der Waals surface area (Å²) in [5.74, 6) is 0.531. The van der Waals surface area contributed by atoms with Crippen LogP contribution in [0.25, 0.3) is 0 Å². The molecule has 1 N–H and O–H groups in total. The number of hydrogen-bond acceptors (Lipinski definition) is 2. The van der Waals surface area contributed by atoms with Crippen molar-refractivity contribution >= 4 is 0 Å². The molecule has 1 aromatic rings. The lowest BCUT2D eigenvalue weighted by molar-refractivity contribution is 0.0730. The van der Waals surface area contributed by atoms with Gasteiger partial charge in [-0.3, -0.25) is 0 Å². The van der Waals surface area contributed by atoms with Crippen molar-refractivity contribution in [3.63, 3.8) is 0 Å². The van der Waals surface area contributed by atoms with Crippen LogP contribution in [0.1, 0.15) is 24.8 Å². The van der Waals surface area contributed by atoms with Gasteiger partial charge in [0.05, 0.1) is 19.3 Å². The zero-order valence-corrected chi connectivity index (χ0v) is 9.43. The molecule has 0 bridgehead atoms. The van der Waals surface area contributed by atoms with Crippen LogP contribution in [0.4, 0.5) is 0 Å². The fourth-order valence-corrected chi connectivity index (χ4v) is 3.03. The van der Waals surface area contributed by atoms with Gasteiger partial charge in [-0.15, -0.1) is 0 Å². The Kier molecular flexibility index (Phi) is 2.49. The summed E-state index contributed by atoms with van der Waals surface area (Å²) in [6.45, 7) is 1.52. The number of hydrogen-bond donors (Lipinski definition) is 1. The summed E-state index contributed by atoms with van der Waals surface area (Å²) in [7, 11) is 0. The zero-order chi connectivity index (χ0) is 11.0. The molecule has 0 aromatic heterocycles. The molecule has 0 heterocycles. The first-order valence-corrected chi connectivity index (χ1v) is 6.10. The third-order valence-electron chi connectivity index (χ3n) is 4.16. The molecule has 3 unspecified atom stereocenters. The Bertz CT molecular complexity index is 362. The van der Waals surface area contributed by atoms with Gasteiger partial charge in [0.2, 0.25) is 0 Å². The van der Waals surface area contributed by atoms with Crippen LogP contribution in [-0.4, -0.2) is 17.8 Å². The molecule has 2 aliphatic rings. The molecule has 0 aliphatic heterocycles. The van der Waals surface area contributed by atoms with Gasteiger partial charge in [0.1, 0.15) is 0 Å². The molecular weight excluding hydrogens is 200 g/mol. The number of benzene rings is 1. The van der Waals surface area contributed by atoms with Crippen molar-refractivity contribution in [1.82, 2.24) is 0 Å². The van der Waals surface area contributed by atoms with Crippen LogP contribution in [0.5, 0.6) is 0 Å². The van der Waals surface area contributed by atoms with Crippen LogP contribution in [0.3, 0.4) is 0 Å². The lowest BCUT2D eigenvalue weighted by atomic mass is 10.1. The molecule has 2 saturated carbocycles. The zero-order valence-electron chi connectivity index (χ0n) is 9.43. The van der Waals surface area contributed by atoms with E-state index < -0.39 is 0 Å². The lowest BCUT2D eigenvalue weighted by Gasteiger charge is -2.11. The molecule has 0 radical (unpaired) electrons. The number of ether oxygens (including phenoxy) is 1. The third-order valence-corrected chi connectivity index (χ3v) is 4.16. The van der Waals surface area contributed by atoms with E-state index >= 15 is 0 Å². The molecule has 2 aliphatic carbocycles. The third kappa shape index (κ3) is 1.76. The molecule has 2 fully saturated rings. The minimum absolute atomic E-state index is 0.0553. The van der Waals surface area contributed by atoms with E-state index in [4.69, 9.17) is 4.74 Å². The van der Waals surface area contributed by atoms with Crippen LogP contribution in [-0.2, 0) is 11.3 Å². The van der Waals surface area contributed by atoms with E-state index in [-0.39, 0.29) is 6.10 Å². The lowest BCUT2D eigenvalue weighted by Crippen LogP contribution is -2.10. The summed E-state index contributed by atoms with van der Waals surface area (Å²) in [4.78, 5) is 0. The van der Waals surface area contributed by atoms with Crippen molar-refractivity contribution < 1.29 is 9.84 Å². The highest BCUT2D eigenvalue weighted by Gasteiger charge is 2.61. The van der Waals surface area contributed by atoms with Gasteiger partial charge in [0.15, 0.2) is 0 Å². The van der Waals surface area contributed by atoms with Gasteiger partial charge in [-0.1, -0.05) is 30.3 Å². The van der Waals surface area contributed by atoms with Crippen LogP contribution in [0.2, 0.25) is 0 Å². The number of fused-ring (bicyclic) bond motifs is 1. The molecule has 2 nitrogen and oxygen atoms in total. The normalized spacial score (nSPS) is 36.1. The van der Waals surface area contributed by atoms with E-state index in [1.807, 2.05) is 18.2 Å². The quantitative estimate of drug-likeness (QED) is 0.840. The first-order chi connectivity index (χ1) is 7.80. The van der Waals surface area contributed by atoms with E-state index in [2.05, 4.69) is 12.1 Å². The highest BCUT2D eigenvalue weighted by atomic mass is 16.5. The summed E-state index contributed by atoms with van der Waals surface area (Å²) in [6.07, 6.45) is 3.23. The molecule has 0 spiro atoms. The van der Waals surface area contributed by atoms with Crippen molar-refractivity contribution in [2.24, 2.45) is 11.3 Å². The second kappa shape index (κ2) is 3.86. The molecular formula is C14H18O2. The SMILES string of the molecule is OC1CCC2(COCc3ccccc3)CC12. The Morgan fingerprint density at radius 3 is 2.75 bits per heavy atom. The maximum Gasteiger partial charge on any atom is 0.0717 e.